The van der Waals surface area contributed by atoms with Gasteiger partial charge in [-0.2, -0.15) is 4.98 Å². The van der Waals surface area contributed by atoms with Gasteiger partial charge < -0.3 is 34.6 Å². The van der Waals surface area contributed by atoms with Crippen LogP contribution in [0.4, 0.5) is 5.69 Å². The zero-order valence-electron chi connectivity index (χ0n) is 24.8. The van der Waals surface area contributed by atoms with Crippen molar-refractivity contribution >= 4 is 17.5 Å². The molecule has 0 unspecified atom stereocenters. The maximum absolute atomic E-state index is 13.3. The van der Waals surface area contributed by atoms with Gasteiger partial charge in [-0.05, 0) is 55.5 Å². The Kier molecular flexibility index (Phi) is 10.6. The lowest BCUT2D eigenvalue weighted by molar-refractivity contribution is -0.135. The normalized spacial score (nSPS) is 15.0. The molecule has 5 rings (SSSR count). The number of carbonyl (C=O) groups excluding carboxylic acids is 2. The predicted octanol–water partition coefficient (Wildman–Crippen LogP) is 4.02. The fraction of sp³-hybridized carbons (Fsp3) is 0.500. The van der Waals surface area contributed by atoms with Gasteiger partial charge in [-0.1, -0.05) is 48.7 Å². The fourth-order valence-corrected chi connectivity index (χ4v) is 5.74. The van der Waals surface area contributed by atoms with Crippen molar-refractivity contribution in [3.05, 3.63) is 53.4 Å². The van der Waals surface area contributed by atoms with Crippen LogP contribution in [0, 0.1) is 6.92 Å². The summed E-state index contributed by atoms with van der Waals surface area (Å²) in [6, 6.07) is 11.7. The molecule has 2 aromatic carbocycles. The van der Waals surface area contributed by atoms with E-state index in [1.807, 2.05) is 35.2 Å². The summed E-state index contributed by atoms with van der Waals surface area (Å²) in [5.74, 6) is 1.49. The molecule has 3 aromatic rings. The van der Waals surface area contributed by atoms with Crippen molar-refractivity contribution in [3.8, 4) is 22.9 Å². The summed E-state index contributed by atoms with van der Waals surface area (Å²) in [5, 5.41) is 20.2. The second kappa shape index (κ2) is 15.0. The van der Waals surface area contributed by atoms with Crippen LogP contribution in [0.3, 0.4) is 0 Å². The minimum Gasteiger partial charge on any atom is -0.506 e. The van der Waals surface area contributed by atoms with E-state index in [1.54, 1.807) is 13.0 Å². The second-order valence-corrected chi connectivity index (χ2v) is 11.1. The van der Waals surface area contributed by atoms with Crippen molar-refractivity contribution in [1.82, 2.24) is 20.4 Å². The lowest BCUT2D eigenvalue weighted by Gasteiger charge is -2.34. The van der Waals surface area contributed by atoms with Crippen molar-refractivity contribution in [1.29, 1.82) is 0 Å². The number of hydrogen-bond acceptors (Lipinski definition) is 9. The number of rotatable bonds is 14. The van der Waals surface area contributed by atoms with Gasteiger partial charge in [0.25, 0.3) is 5.91 Å². The molecule has 0 bridgehead atoms. The predicted molar refractivity (Wildman–Crippen MR) is 161 cm³/mol. The molecule has 2 heterocycles. The molecule has 2 amide bonds. The number of phenols is 1. The molecule has 1 aromatic heterocycles. The Morgan fingerprint density at radius 1 is 1.14 bits per heavy atom. The number of phenolic OH excluding ortho intramolecular Hbond substituents is 1. The third-order valence-corrected chi connectivity index (χ3v) is 7.97. The molecule has 1 aliphatic carbocycles. The summed E-state index contributed by atoms with van der Waals surface area (Å²) in [6.07, 6.45) is 7.40. The Morgan fingerprint density at radius 2 is 2.00 bits per heavy atom. The van der Waals surface area contributed by atoms with Crippen molar-refractivity contribution in [2.24, 2.45) is 0 Å². The Labute approximate surface area is 251 Å². The summed E-state index contributed by atoms with van der Waals surface area (Å²) in [7, 11) is 0. The van der Waals surface area contributed by atoms with Gasteiger partial charge in [0.15, 0.2) is 12.4 Å². The SMILES string of the molecule is Cc1nc(-c2cccc(CCOCCC(=O)N(CCNCCc3ccc(O)c4c3OCC(=O)N4)C3CCCCC3)c2)no1. The van der Waals surface area contributed by atoms with Gasteiger partial charge in [-0.3, -0.25) is 9.59 Å². The topological polar surface area (TPSA) is 139 Å². The first-order chi connectivity index (χ1) is 21.0. The highest BCUT2D eigenvalue weighted by Crippen LogP contribution is 2.39. The molecular weight excluding hydrogens is 550 g/mol. The Balaban J connectivity index is 1.05. The standard InChI is InChI=1S/C32H41N5O6/c1-22-34-32(36-43-22)25-7-5-6-23(20-25)13-18-41-19-14-29(40)37(26-8-3-2-4-9-26)17-16-33-15-12-24-10-11-27(38)30-31(24)42-21-28(39)35-30/h5-7,10-11,20,26,33,38H,2-4,8-9,12-19,21H2,1H3,(H,35,39). The first kappa shape index (κ1) is 30.5. The monoisotopic (exact) mass is 591 g/mol. The number of aromatic nitrogens is 2. The van der Waals surface area contributed by atoms with Crippen LogP contribution in [0.5, 0.6) is 11.5 Å². The first-order valence-electron chi connectivity index (χ1n) is 15.2. The van der Waals surface area contributed by atoms with Gasteiger partial charge >= 0.3 is 0 Å². The smallest absolute Gasteiger partial charge is 0.262 e. The van der Waals surface area contributed by atoms with E-state index < -0.39 is 0 Å². The molecule has 43 heavy (non-hydrogen) atoms. The molecule has 1 fully saturated rings. The van der Waals surface area contributed by atoms with Crippen molar-refractivity contribution in [2.45, 2.75) is 64.3 Å². The number of ether oxygens (including phenoxy) is 2. The molecule has 0 atom stereocenters. The molecule has 0 spiro atoms. The lowest BCUT2D eigenvalue weighted by atomic mass is 9.94. The molecular formula is C32H41N5O6. The lowest BCUT2D eigenvalue weighted by Crippen LogP contribution is -2.45. The highest BCUT2D eigenvalue weighted by molar-refractivity contribution is 5.97. The van der Waals surface area contributed by atoms with Crippen LogP contribution in [0.1, 0.15) is 55.5 Å². The van der Waals surface area contributed by atoms with Gasteiger partial charge in [-0.15, -0.1) is 0 Å². The average Bonchev–Trinajstić information content (AvgIpc) is 3.46. The van der Waals surface area contributed by atoms with E-state index >= 15 is 0 Å². The van der Waals surface area contributed by atoms with E-state index in [9.17, 15) is 14.7 Å². The zero-order valence-corrected chi connectivity index (χ0v) is 24.8. The van der Waals surface area contributed by atoms with Gasteiger partial charge in [0.2, 0.25) is 17.6 Å². The van der Waals surface area contributed by atoms with Crippen molar-refractivity contribution in [2.75, 3.05) is 44.8 Å². The molecule has 230 valence electrons. The van der Waals surface area contributed by atoms with Crippen LogP contribution in [-0.2, 0) is 27.2 Å². The van der Waals surface area contributed by atoms with Gasteiger partial charge in [-0.25, -0.2) is 0 Å². The van der Waals surface area contributed by atoms with Crippen LogP contribution < -0.4 is 15.4 Å². The molecule has 0 saturated heterocycles. The van der Waals surface area contributed by atoms with E-state index in [-0.39, 0.29) is 30.2 Å². The summed E-state index contributed by atoms with van der Waals surface area (Å²) in [4.78, 5) is 31.3. The number of nitrogens with one attached hydrogen (secondary N) is 2. The number of amides is 2. The first-order valence-corrected chi connectivity index (χ1v) is 15.2. The third kappa shape index (κ3) is 8.32. The second-order valence-electron chi connectivity index (χ2n) is 11.1. The van der Waals surface area contributed by atoms with E-state index in [2.05, 4.69) is 20.8 Å². The number of nitrogens with zero attached hydrogens (tertiary/aromatic N) is 3. The van der Waals surface area contributed by atoms with Gasteiger partial charge in [0, 0.05) is 31.6 Å². The molecule has 2 aliphatic rings. The molecule has 0 radical (unpaired) electrons. The number of carbonyl (C=O) groups is 2. The number of benzene rings is 2. The number of aryl methyl sites for hydroxylation is 1. The van der Waals surface area contributed by atoms with Crippen LogP contribution in [-0.4, -0.2) is 77.5 Å². The minimum atomic E-state index is -0.280. The van der Waals surface area contributed by atoms with Crippen molar-refractivity contribution < 1.29 is 28.7 Å². The average molecular weight is 592 g/mol. The Morgan fingerprint density at radius 3 is 2.81 bits per heavy atom. The van der Waals surface area contributed by atoms with Crippen LogP contribution in [0.2, 0.25) is 0 Å². The molecule has 1 saturated carbocycles. The number of hydrogen-bond donors (Lipinski definition) is 3. The molecule has 1 aliphatic heterocycles. The number of aromatic hydroxyl groups is 1. The Hall–Kier alpha value is -3.96. The number of anilines is 1. The van der Waals surface area contributed by atoms with Crippen LogP contribution in [0.15, 0.2) is 40.9 Å². The largest absolute Gasteiger partial charge is 0.506 e. The van der Waals surface area contributed by atoms with Gasteiger partial charge in [0.1, 0.15) is 11.4 Å². The third-order valence-electron chi connectivity index (χ3n) is 7.97. The summed E-state index contributed by atoms with van der Waals surface area (Å²) < 4.78 is 16.6. The highest BCUT2D eigenvalue weighted by Gasteiger charge is 2.25. The fourth-order valence-electron chi connectivity index (χ4n) is 5.74. The quantitative estimate of drug-likeness (QED) is 0.187. The molecule has 11 nitrogen and oxygen atoms in total. The summed E-state index contributed by atoms with van der Waals surface area (Å²) in [6.45, 7) is 4.63. The maximum Gasteiger partial charge on any atom is 0.262 e. The van der Waals surface area contributed by atoms with Gasteiger partial charge in [0.05, 0.1) is 19.6 Å². The summed E-state index contributed by atoms with van der Waals surface area (Å²) >= 11 is 0. The molecule has 3 N–H and O–H groups in total. The Bertz CT molecular complexity index is 1390. The molecule has 11 heteroatoms. The van der Waals surface area contributed by atoms with E-state index in [0.717, 1.165) is 48.8 Å². The maximum atomic E-state index is 13.3. The van der Waals surface area contributed by atoms with E-state index in [0.29, 0.717) is 68.8 Å². The zero-order chi connectivity index (χ0) is 30.0. The highest BCUT2D eigenvalue weighted by atomic mass is 16.5. The van der Waals surface area contributed by atoms with Crippen LogP contribution >= 0.6 is 0 Å². The summed E-state index contributed by atoms with van der Waals surface area (Å²) in [5.41, 5.74) is 3.27. The number of fused-ring (bicyclic) bond motifs is 1. The minimum absolute atomic E-state index is 0.00450. The van der Waals surface area contributed by atoms with E-state index in [1.165, 1.54) is 6.42 Å². The van der Waals surface area contributed by atoms with E-state index in [4.69, 9.17) is 14.0 Å². The van der Waals surface area contributed by atoms with Crippen molar-refractivity contribution in [3.63, 3.8) is 0 Å². The van der Waals surface area contributed by atoms with Crippen LogP contribution in [0.25, 0.3) is 11.4 Å².